The molecule has 5 rings (SSSR count). The fourth-order valence-corrected chi connectivity index (χ4v) is 3.22. The van der Waals surface area contributed by atoms with E-state index in [1.54, 1.807) is 6.20 Å². The van der Waals surface area contributed by atoms with Gasteiger partial charge in [0, 0.05) is 46.7 Å². The average Bonchev–Trinajstić information content (AvgIpc) is 3.11. The van der Waals surface area contributed by atoms with Gasteiger partial charge in [-0.25, -0.2) is 15.0 Å². The smallest absolute Gasteiger partial charge is 0.220 e. The van der Waals surface area contributed by atoms with E-state index in [0.717, 1.165) is 44.3 Å². The molecule has 0 fully saturated rings. The number of hydrogen-bond acceptors (Lipinski definition) is 5. The maximum Gasteiger partial charge on any atom is 0.220 e. The summed E-state index contributed by atoms with van der Waals surface area (Å²) in [5.41, 5.74) is 10.1. The van der Waals surface area contributed by atoms with Gasteiger partial charge in [-0.15, -0.1) is 0 Å². The van der Waals surface area contributed by atoms with Crippen molar-refractivity contribution in [3.8, 4) is 22.5 Å². The van der Waals surface area contributed by atoms with Gasteiger partial charge in [0.1, 0.15) is 5.65 Å². The van der Waals surface area contributed by atoms with Gasteiger partial charge in [0.2, 0.25) is 5.95 Å². The Morgan fingerprint density at radius 1 is 0.885 bits per heavy atom. The van der Waals surface area contributed by atoms with E-state index in [0.29, 0.717) is 0 Å². The van der Waals surface area contributed by atoms with E-state index in [1.165, 1.54) is 0 Å². The van der Waals surface area contributed by atoms with Crippen LogP contribution in [-0.4, -0.2) is 24.9 Å². The standard InChI is InChI=1S/C20H14N6/c21-20-23-8-6-17(26-20)16-11-25-19-15(16)9-13(10-24-19)18-14-4-2-1-3-12(14)5-7-22-18/h1-11H,(H,24,25)(H2,21,23,26). The van der Waals surface area contributed by atoms with Crippen molar-refractivity contribution in [3.63, 3.8) is 0 Å². The number of nitrogens with two attached hydrogens (primary N) is 1. The molecule has 0 aliphatic rings. The number of nitrogen functional groups attached to an aromatic ring is 1. The van der Waals surface area contributed by atoms with E-state index >= 15 is 0 Å². The van der Waals surface area contributed by atoms with Crippen molar-refractivity contribution < 1.29 is 0 Å². The van der Waals surface area contributed by atoms with Gasteiger partial charge in [-0.05, 0) is 23.6 Å². The minimum atomic E-state index is 0.247. The Hall–Kier alpha value is -3.80. The normalized spacial score (nSPS) is 11.2. The molecule has 0 radical (unpaired) electrons. The van der Waals surface area contributed by atoms with Crippen molar-refractivity contribution in [1.29, 1.82) is 0 Å². The molecular weight excluding hydrogens is 324 g/mol. The van der Waals surface area contributed by atoms with Gasteiger partial charge in [-0.3, -0.25) is 4.98 Å². The Morgan fingerprint density at radius 3 is 2.69 bits per heavy atom. The van der Waals surface area contributed by atoms with Gasteiger partial charge in [0.25, 0.3) is 0 Å². The lowest BCUT2D eigenvalue weighted by Gasteiger charge is -2.06. The number of anilines is 1. The Bertz CT molecular complexity index is 1250. The SMILES string of the molecule is Nc1nccc(-c2c[nH]c3ncc(-c4nccc5ccccc45)cc23)n1. The fourth-order valence-electron chi connectivity index (χ4n) is 3.22. The van der Waals surface area contributed by atoms with Crippen LogP contribution >= 0.6 is 0 Å². The molecular formula is C20H14N6. The average molecular weight is 338 g/mol. The van der Waals surface area contributed by atoms with Crippen molar-refractivity contribution in [2.24, 2.45) is 0 Å². The molecule has 0 saturated heterocycles. The second-order valence-electron chi connectivity index (χ2n) is 6.00. The van der Waals surface area contributed by atoms with Crippen molar-refractivity contribution in [3.05, 3.63) is 67.3 Å². The van der Waals surface area contributed by atoms with Gasteiger partial charge in [0.05, 0.1) is 11.4 Å². The Balaban J connectivity index is 1.74. The highest BCUT2D eigenvalue weighted by Crippen LogP contribution is 2.32. The van der Waals surface area contributed by atoms with Gasteiger partial charge < -0.3 is 10.7 Å². The highest BCUT2D eigenvalue weighted by Gasteiger charge is 2.12. The first kappa shape index (κ1) is 14.5. The van der Waals surface area contributed by atoms with Crippen molar-refractivity contribution in [2.45, 2.75) is 0 Å². The topological polar surface area (TPSA) is 93.4 Å². The molecule has 0 unspecified atom stereocenters. The molecule has 0 amide bonds. The molecule has 0 spiro atoms. The predicted molar refractivity (Wildman–Crippen MR) is 102 cm³/mol. The lowest BCUT2D eigenvalue weighted by molar-refractivity contribution is 1.19. The zero-order valence-electron chi connectivity index (χ0n) is 13.7. The zero-order chi connectivity index (χ0) is 17.5. The number of nitrogens with one attached hydrogen (secondary N) is 1. The largest absolute Gasteiger partial charge is 0.368 e. The highest BCUT2D eigenvalue weighted by molar-refractivity contribution is 5.99. The van der Waals surface area contributed by atoms with Crippen LogP contribution in [0, 0.1) is 0 Å². The number of H-pyrrole nitrogens is 1. The summed E-state index contributed by atoms with van der Waals surface area (Å²) in [6.45, 7) is 0. The highest BCUT2D eigenvalue weighted by atomic mass is 15.0. The molecule has 1 aromatic carbocycles. The van der Waals surface area contributed by atoms with Crippen LogP contribution in [0.5, 0.6) is 0 Å². The summed E-state index contributed by atoms with van der Waals surface area (Å²) >= 11 is 0. The third kappa shape index (κ3) is 2.28. The van der Waals surface area contributed by atoms with Gasteiger partial charge >= 0.3 is 0 Å². The van der Waals surface area contributed by atoms with Crippen LogP contribution in [0.15, 0.2) is 67.3 Å². The predicted octanol–water partition coefficient (Wildman–Crippen LogP) is 3.82. The number of nitrogens with zero attached hydrogens (tertiary/aromatic N) is 4. The van der Waals surface area contributed by atoms with Gasteiger partial charge in [0.15, 0.2) is 0 Å². The third-order valence-electron chi connectivity index (χ3n) is 4.43. The molecule has 0 saturated carbocycles. The summed E-state index contributed by atoms with van der Waals surface area (Å²) in [4.78, 5) is 20.6. The molecule has 26 heavy (non-hydrogen) atoms. The van der Waals surface area contributed by atoms with Crippen LogP contribution < -0.4 is 5.73 Å². The van der Waals surface area contributed by atoms with E-state index in [9.17, 15) is 0 Å². The first-order chi connectivity index (χ1) is 12.8. The van der Waals surface area contributed by atoms with Crippen molar-refractivity contribution in [2.75, 3.05) is 5.73 Å². The second-order valence-corrected chi connectivity index (χ2v) is 6.00. The van der Waals surface area contributed by atoms with Crippen LogP contribution in [0.2, 0.25) is 0 Å². The summed E-state index contributed by atoms with van der Waals surface area (Å²) in [7, 11) is 0. The maximum absolute atomic E-state index is 5.73. The molecule has 0 bridgehead atoms. The minimum absolute atomic E-state index is 0.247. The molecule has 0 atom stereocenters. The summed E-state index contributed by atoms with van der Waals surface area (Å²) < 4.78 is 0. The monoisotopic (exact) mass is 338 g/mol. The summed E-state index contributed by atoms with van der Waals surface area (Å²) in [6.07, 6.45) is 7.20. The van der Waals surface area contributed by atoms with Crippen LogP contribution in [-0.2, 0) is 0 Å². The quantitative estimate of drug-likeness (QED) is 0.510. The first-order valence-corrected chi connectivity index (χ1v) is 8.20. The molecule has 124 valence electrons. The Morgan fingerprint density at radius 2 is 1.77 bits per heavy atom. The van der Waals surface area contributed by atoms with Crippen molar-refractivity contribution in [1.82, 2.24) is 24.9 Å². The Labute approximate surface area is 148 Å². The maximum atomic E-state index is 5.73. The van der Waals surface area contributed by atoms with E-state index in [4.69, 9.17) is 5.73 Å². The minimum Gasteiger partial charge on any atom is -0.368 e. The van der Waals surface area contributed by atoms with Gasteiger partial charge in [-0.1, -0.05) is 24.3 Å². The molecule has 0 aliphatic carbocycles. The number of aromatic nitrogens is 5. The second kappa shape index (κ2) is 5.63. The molecule has 5 aromatic rings. The lowest BCUT2D eigenvalue weighted by atomic mass is 10.0. The zero-order valence-corrected chi connectivity index (χ0v) is 13.7. The lowest BCUT2D eigenvalue weighted by Crippen LogP contribution is -1.94. The number of pyridine rings is 2. The molecule has 4 aromatic heterocycles. The van der Waals surface area contributed by atoms with Crippen LogP contribution in [0.3, 0.4) is 0 Å². The fraction of sp³-hybridized carbons (Fsp3) is 0. The third-order valence-corrected chi connectivity index (χ3v) is 4.43. The molecule has 0 aliphatic heterocycles. The van der Waals surface area contributed by atoms with Gasteiger partial charge in [-0.2, -0.15) is 0 Å². The summed E-state index contributed by atoms with van der Waals surface area (Å²) in [5.74, 6) is 0.247. The molecule has 6 heteroatoms. The number of aromatic amines is 1. The summed E-state index contributed by atoms with van der Waals surface area (Å²) in [6, 6.07) is 14.1. The number of hydrogen-bond donors (Lipinski definition) is 2. The van der Waals surface area contributed by atoms with Crippen molar-refractivity contribution >= 4 is 27.8 Å². The first-order valence-electron chi connectivity index (χ1n) is 8.20. The molecule has 3 N–H and O–H groups in total. The number of fused-ring (bicyclic) bond motifs is 2. The van der Waals surface area contributed by atoms with Crippen LogP contribution in [0.4, 0.5) is 5.95 Å². The van der Waals surface area contributed by atoms with Crippen LogP contribution in [0.1, 0.15) is 0 Å². The van der Waals surface area contributed by atoms with E-state index < -0.39 is 0 Å². The van der Waals surface area contributed by atoms with E-state index in [-0.39, 0.29) is 5.95 Å². The van der Waals surface area contributed by atoms with E-state index in [2.05, 4.69) is 43.1 Å². The number of benzene rings is 1. The Kier molecular flexibility index (Phi) is 3.15. The molecule has 4 heterocycles. The number of rotatable bonds is 2. The van der Waals surface area contributed by atoms with Crippen LogP contribution in [0.25, 0.3) is 44.3 Å². The molecule has 6 nitrogen and oxygen atoms in total. The summed E-state index contributed by atoms with van der Waals surface area (Å²) in [5, 5.41) is 3.21. The van der Waals surface area contributed by atoms with E-state index in [1.807, 2.05) is 42.9 Å².